The zero-order chi connectivity index (χ0) is 23.9. The lowest BCUT2D eigenvalue weighted by Gasteiger charge is -2.26. The largest absolute Gasteiger partial charge is 0.379 e. The summed E-state index contributed by atoms with van der Waals surface area (Å²) in [5.41, 5.74) is 1.81. The molecule has 0 aliphatic carbocycles. The summed E-state index contributed by atoms with van der Waals surface area (Å²) in [6.45, 7) is 3.58. The van der Waals surface area contributed by atoms with Gasteiger partial charge in [0, 0.05) is 32.6 Å². The molecule has 1 aliphatic rings. The van der Waals surface area contributed by atoms with Crippen LogP contribution in [0.5, 0.6) is 0 Å². The van der Waals surface area contributed by atoms with Gasteiger partial charge in [0.2, 0.25) is 26.0 Å². The summed E-state index contributed by atoms with van der Waals surface area (Å²) in [5, 5.41) is 2.68. The minimum atomic E-state index is -3.62. The average Bonchev–Trinajstić information content (AvgIpc) is 2.81. The predicted octanol–water partition coefficient (Wildman–Crippen LogP) is 1.04. The molecule has 1 heterocycles. The summed E-state index contributed by atoms with van der Waals surface area (Å²) in [6.07, 6.45) is 0.652. The van der Waals surface area contributed by atoms with Crippen molar-refractivity contribution in [3.8, 4) is 0 Å². The molecule has 0 spiro atoms. The fourth-order valence-corrected chi connectivity index (χ4v) is 5.74. The van der Waals surface area contributed by atoms with Gasteiger partial charge in [-0.05, 0) is 43.2 Å². The van der Waals surface area contributed by atoms with Crippen LogP contribution in [0.4, 0.5) is 0 Å². The minimum absolute atomic E-state index is 0.0794. The Morgan fingerprint density at radius 1 is 0.909 bits per heavy atom. The molecule has 2 aromatic rings. The van der Waals surface area contributed by atoms with Gasteiger partial charge in [-0.3, -0.25) is 4.79 Å². The summed E-state index contributed by atoms with van der Waals surface area (Å²) in [7, 11) is -7.16. The molecule has 2 N–H and O–H groups in total. The van der Waals surface area contributed by atoms with Crippen LogP contribution >= 0.6 is 0 Å². The number of carbonyl (C=O) groups is 1. The molecule has 1 aliphatic heterocycles. The molecule has 11 heteroatoms. The Kier molecular flexibility index (Phi) is 8.60. The number of benzene rings is 2. The number of morpholine rings is 1. The molecule has 1 fully saturated rings. The number of aryl methyl sites for hydroxylation is 2. The Labute approximate surface area is 195 Å². The van der Waals surface area contributed by atoms with Gasteiger partial charge < -0.3 is 10.1 Å². The number of hydrogen-bond acceptors (Lipinski definition) is 6. The molecule has 0 radical (unpaired) electrons. The number of rotatable bonds is 10. The maximum absolute atomic E-state index is 12.6. The molecule has 1 saturated heterocycles. The molecule has 0 aromatic heterocycles. The van der Waals surface area contributed by atoms with Gasteiger partial charge in [-0.25, -0.2) is 21.6 Å². The number of carbonyl (C=O) groups excluding carboxylic acids is 1. The van der Waals surface area contributed by atoms with E-state index in [1.165, 1.54) is 16.4 Å². The van der Waals surface area contributed by atoms with Crippen molar-refractivity contribution >= 4 is 26.0 Å². The smallest absolute Gasteiger partial charge is 0.243 e. The SMILES string of the molecule is Cc1ccc(S(=O)(=O)NCCNC(=O)CCc2ccc(S(=O)(=O)N3CCOCC3)cc2)cc1. The number of nitrogens with zero attached hydrogens (tertiary/aromatic N) is 1. The van der Waals surface area contributed by atoms with Crippen molar-refractivity contribution in [1.29, 1.82) is 0 Å². The molecule has 33 heavy (non-hydrogen) atoms. The van der Waals surface area contributed by atoms with Crippen LogP contribution in [0.3, 0.4) is 0 Å². The lowest BCUT2D eigenvalue weighted by atomic mass is 10.1. The summed E-state index contributed by atoms with van der Waals surface area (Å²) in [4.78, 5) is 12.5. The lowest BCUT2D eigenvalue weighted by Crippen LogP contribution is -2.40. The van der Waals surface area contributed by atoms with Crippen molar-refractivity contribution in [2.45, 2.75) is 29.6 Å². The number of nitrogens with one attached hydrogen (secondary N) is 2. The third-order valence-electron chi connectivity index (χ3n) is 5.24. The van der Waals surface area contributed by atoms with Crippen LogP contribution in [0.2, 0.25) is 0 Å². The van der Waals surface area contributed by atoms with Crippen molar-refractivity contribution < 1.29 is 26.4 Å². The van der Waals surface area contributed by atoms with Gasteiger partial charge in [0.05, 0.1) is 23.0 Å². The van der Waals surface area contributed by atoms with Crippen LogP contribution in [0.15, 0.2) is 58.3 Å². The van der Waals surface area contributed by atoms with Crippen LogP contribution in [0, 0.1) is 6.92 Å². The molecule has 1 amide bonds. The zero-order valence-electron chi connectivity index (χ0n) is 18.5. The van der Waals surface area contributed by atoms with Crippen molar-refractivity contribution in [1.82, 2.24) is 14.3 Å². The van der Waals surface area contributed by atoms with E-state index in [-0.39, 0.29) is 35.2 Å². The summed E-state index contributed by atoms with van der Waals surface area (Å²) in [6, 6.07) is 13.0. The molecule has 0 bridgehead atoms. The highest BCUT2D eigenvalue weighted by molar-refractivity contribution is 7.89. The molecule has 3 rings (SSSR count). The number of amides is 1. The lowest BCUT2D eigenvalue weighted by molar-refractivity contribution is -0.121. The molecule has 0 atom stereocenters. The quantitative estimate of drug-likeness (QED) is 0.475. The second kappa shape index (κ2) is 11.2. The van der Waals surface area contributed by atoms with Gasteiger partial charge in [0.1, 0.15) is 0 Å². The van der Waals surface area contributed by atoms with E-state index in [1.807, 2.05) is 6.92 Å². The second-order valence-corrected chi connectivity index (χ2v) is 11.4. The van der Waals surface area contributed by atoms with E-state index in [0.29, 0.717) is 32.7 Å². The Balaban J connectivity index is 1.41. The topological polar surface area (TPSA) is 122 Å². The van der Waals surface area contributed by atoms with E-state index in [0.717, 1.165) is 11.1 Å². The van der Waals surface area contributed by atoms with Gasteiger partial charge in [0.15, 0.2) is 0 Å². The normalized spacial score (nSPS) is 15.3. The van der Waals surface area contributed by atoms with Crippen LogP contribution in [-0.2, 0) is 36.0 Å². The van der Waals surface area contributed by atoms with Gasteiger partial charge >= 0.3 is 0 Å². The Hall–Kier alpha value is -2.31. The summed E-state index contributed by atoms with van der Waals surface area (Å²) in [5.74, 6) is -0.213. The molecular formula is C22H29N3O6S2. The average molecular weight is 496 g/mol. The Morgan fingerprint density at radius 2 is 1.52 bits per heavy atom. The second-order valence-electron chi connectivity index (χ2n) is 7.72. The first kappa shape index (κ1) is 25.3. The van der Waals surface area contributed by atoms with E-state index in [9.17, 15) is 21.6 Å². The van der Waals surface area contributed by atoms with Crippen molar-refractivity contribution in [2.24, 2.45) is 0 Å². The fraction of sp³-hybridized carbons (Fsp3) is 0.409. The Morgan fingerprint density at radius 3 is 2.15 bits per heavy atom. The van der Waals surface area contributed by atoms with E-state index >= 15 is 0 Å². The standard InChI is InChI=1S/C22H29N3O6S2/c1-18-2-7-20(8-3-18)32(27,28)24-13-12-23-22(26)11-6-19-4-9-21(10-5-19)33(29,30)25-14-16-31-17-15-25/h2-5,7-10,24H,6,11-17H2,1H3,(H,23,26). The first-order chi connectivity index (χ1) is 15.7. The number of ether oxygens (including phenoxy) is 1. The van der Waals surface area contributed by atoms with Gasteiger partial charge in [-0.15, -0.1) is 0 Å². The summed E-state index contributed by atoms with van der Waals surface area (Å²) >= 11 is 0. The third-order valence-corrected chi connectivity index (χ3v) is 8.63. The Bertz CT molecular complexity index is 1140. The van der Waals surface area contributed by atoms with Gasteiger partial charge in [-0.1, -0.05) is 29.8 Å². The molecular weight excluding hydrogens is 466 g/mol. The van der Waals surface area contributed by atoms with E-state index in [1.54, 1.807) is 36.4 Å². The number of sulfonamides is 2. The molecule has 180 valence electrons. The van der Waals surface area contributed by atoms with E-state index < -0.39 is 20.0 Å². The van der Waals surface area contributed by atoms with Crippen LogP contribution < -0.4 is 10.0 Å². The monoisotopic (exact) mass is 495 g/mol. The van der Waals surface area contributed by atoms with Crippen LogP contribution in [0.25, 0.3) is 0 Å². The highest BCUT2D eigenvalue weighted by atomic mass is 32.2. The molecule has 0 saturated carbocycles. The van der Waals surface area contributed by atoms with Crippen LogP contribution in [0.1, 0.15) is 17.5 Å². The van der Waals surface area contributed by atoms with Crippen molar-refractivity contribution in [3.05, 3.63) is 59.7 Å². The van der Waals surface area contributed by atoms with E-state index in [2.05, 4.69) is 10.0 Å². The zero-order valence-corrected chi connectivity index (χ0v) is 20.1. The molecule has 2 aromatic carbocycles. The maximum Gasteiger partial charge on any atom is 0.243 e. The predicted molar refractivity (Wildman–Crippen MR) is 124 cm³/mol. The summed E-state index contributed by atoms with van der Waals surface area (Å²) < 4.78 is 58.8. The number of hydrogen-bond donors (Lipinski definition) is 2. The van der Waals surface area contributed by atoms with Crippen molar-refractivity contribution in [3.63, 3.8) is 0 Å². The fourth-order valence-electron chi connectivity index (χ4n) is 3.30. The van der Waals surface area contributed by atoms with E-state index in [4.69, 9.17) is 4.74 Å². The first-order valence-electron chi connectivity index (χ1n) is 10.7. The maximum atomic E-state index is 12.6. The molecule has 0 unspecified atom stereocenters. The minimum Gasteiger partial charge on any atom is -0.379 e. The first-order valence-corrected chi connectivity index (χ1v) is 13.6. The highest BCUT2D eigenvalue weighted by Gasteiger charge is 2.26. The van der Waals surface area contributed by atoms with Gasteiger partial charge in [0.25, 0.3) is 0 Å². The van der Waals surface area contributed by atoms with Crippen LogP contribution in [-0.4, -0.2) is 66.4 Å². The third kappa shape index (κ3) is 7.08. The van der Waals surface area contributed by atoms with Crippen molar-refractivity contribution in [2.75, 3.05) is 39.4 Å². The highest BCUT2D eigenvalue weighted by Crippen LogP contribution is 2.18. The van der Waals surface area contributed by atoms with Gasteiger partial charge in [-0.2, -0.15) is 4.31 Å². The molecule has 9 nitrogen and oxygen atoms in total.